The Morgan fingerprint density at radius 3 is 2.32 bits per heavy atom. The van der Waals surface area contributed by atoms with Crippen LogP contribution in [0.25, 0.3) is 22.2 Å². The van der Waals surface area contributed by atoms with Crippen LogP contribution in [0.2, 0.25) is 0 Å². The fourth-order valence-electron chi connectivity index (χ4n) is 3.43. The number of para-hydroxylation sites is 1. The van der Waals surface area contributed by atoms with E-state index in [2.05, 4.69) is 23.5 Å². The molecule has 3 aromatic carbocycles. The summed E-state index contributed by atoms with van der Waals surface area (Å²) >= 11 is 0. The highest BCUT2D eigenvalue weighted by Crippen LogP contribution is 2.29. The molecule has 4 aromatic rings. The number of hydrogen-bond acceptors (Lipinski definition) is 2. The molecular weight excluding hydrogens is 346 g/mol. The highest BCUT2D eigenvalue weighted by molar-refractivity contribution is 5.94. The van der Waals surface area contributed by atoms with Crippen molar-refractivity contribution in [2.24, 2.45) is 0 Å². The van der Waals surface area contributed by atoms with Crippen LogP contribution in [0.1, 0.15) is 18.5 Å². The van der Waals surface area contributed by atoms with Gasteiger partial charge >= 0.3 is 0 Å². The fourth-order valence-corrected chi connectivity index (χ4v) is 3.43. The largest absolute Gasteiger partial charge is 0.354 e. The number of amides is 1. The summed E-state index contributed by atoms with van der Waals surface area (Å²) < 4.78 is 1.83. The molecule has 0 aliphatic rings. The van der Waals surface area contributed by atoms with Crippen molar-refractivity contribution in [1.82, 2.24) is 15.1 Å². The number of fused-ring (bicyclic) bond motifs is 1. The van der Waals surface area contributed by atoms with Gasteiger partial charge in [0, 0.05) is 17.5 Å². The molecule has 0 aliphatic carbocycles. The van der Waals surface area contributed by atoms with Gasteiger partial charge in [0.25, 0.3) is 0 Å². The van der Waals surface area contributed by atoms with E-state index in [1.54, 1.807) is 0 Å². The van der Waals surface area contributed by atoms with Crippen molar-refractivity contribution in [2.75, 3.05) is 6.54 Å². The molecule has 1 N–H and O–H groups in total. The topological polar surface area (TPSA) is 46.9 Å². The molecular formula is C24H23N3O. The third-order valence-corrected chi connectivity index (χ3v) is 4.96. The van der Waals surface area contributed by atoms with E-state index in [0.29, 0.717) is 6.54 Å². The zero-order chi connectivity index (χ0) is 19.3. The summed E-state index contributed by atoms with van der Waals surface area (Å²) in [6.07, 6.45) is 0.814. The summed E-state index contributed by atoms with van der Waals surface area (Å²) in [5, 5.41) is 8.90. The Morgan fingerprint density at radius 2 is 1.57 bits per heavy atom. The SMILES string of the molecule is CC(C(=O)NCCc1ccccc1)n1nc(-c2ccccc2)c2ccccc21. The van der Waals surface area contributed by atoms with Gasteiger partial charge in [0.15, 0.2) is 0 Å². The monoisotopic (exact) mass is 369 g/mol. The Kier molecular flexibility index (Phi) is 5.20. The minimum atomic E-state index is -0.391. The lowest BCUT2D eigenvalue weighted by Crippen LogP contribution is -2.32. The van der Waals surface area contributed by atoms with E-state index in [4.69, 9.17) is 5.10 Å². The Labute approximate surface area is 164 Å². The summed E-state index contributed by atoms with van der Waals surface area (Å²) in [5.74, 6) is -0.0243. The average molecular weight is 369 g/mol. The molecule has 0 fully saturated rings. The number of carbonyl (C=O) groups is 1. The zero-order valence-electron chi connectivity index (χ0n) is 15.9. The first-order valence-electron chi connectivity index (χ1n) is 9.58. The first-order chi connectivity index (χ1) is 13.7. The minimum Gasteiger partial charge on any atom is -0.354 e. The van der Waals surface area contributed by atoms with Crippen LogP contribution in [-0.4, -0.2) is 22.2 Å². The molecule has 0 spiro atoms. The van der Waals surface area contributed by atoms with Crippen LogP contribution >= 0.6 is 0 Å². The van der Waals surface area contributed by atoms with Gasteiger partial charge in [-0.15, -0.1) is 0 Å². The van der Waals surface area contributed by atoms with Gasteiger partial charge in [-0.05, 0) is 25.0 Å². The normalized spacial score (nSPS) is 12.0. The Morgan fingerprint density at radius 1 is 0.929 bits per heavy atom. The molecule has 0 bridgehead atoms. The van der Waals surface area contributed by atoms with Crippen molar-refractivity contribution in [3.8, 4) is 11.3 Å². The van der Waals surface area contributed by atoms with Crippen molar-refractivity contribution >= 4 is 16.8 Å². The highest BCUT2D eigenvalue weighted by atomic mass is 16.2. The Balaban J connectivity index is 1.55. The lowest BCUT2D eigenvalue weighted by atomic mass is 10.1. The van der Waals surface area contributed by atoms with Gasteiger partial charge < -0.3 is 5.32 Å². The van der Waals surface area contributed by atoms with Gasteiger partial charge in [-0.3, -0.25) is 9.48 Å². The fraction of sp³-hybridized carbons (Fsp3) is 0.167. The third-order valence-electron chi connectivity index (χ3n) is 4.96. The molecule has 0 aliphatic heterocycles. The molecule has 0 saturated carbocycles. The average Bonchev–Trinajstić information content (AvgIpc) is 3.14. The Bertz CT molecular complexity index is 1070. The summed E-state index contributed by atoms with van der Waals surface area (Å²) in [4.78, 5) is 12.8. The molecule has 4 heteroatoms. The van der Waals surface area contributed by atoms with E-state index < -0.39 is 6.04 Å². The van der Waals surface area contributed by atoms with Crippen LogP contribution in [0.4, 0.5) is 0 Å². The molecule has 1 atom stereocenters. The predicted molar refractivity (Wildman–Crippen MR) is 113 cm³/mol. The first-order valence-corrected chi connectivity index (χ1v) is 9.58. The van der Waals surface area contributed by atoms with Crippen molar-refractivity contribution in [3.63, 3.8) is 0 Å². The zero-order valence-corrected chi connectivity index (χ0v) is 15.9. The summed E-state index contributed by atoms with van der Waals surface area (Å²) in [6.45, 7) is 2.50. The van der Waals surface area contributed by atoms with Crippen LogP contribution in [0, 0.1) is 0 Å². The van der Waals surface area contributed by atoms with Crippen LogP contribution in [0.15, 0.2) is 84.9 Å². The van der Waals surface area contributed by atoms with E-state index in [0.717, 1.165) is 28.6 Å². The van der Waals surface area contributed by atoms with Gasteiger partial charge in [-0.1, -0.05) is 78.9 Å². The molecule has 4 nitrogen and oxygen atoms in total. The predicted octanol–water partition coefficient (Wildman–Crippen LogP) is 4.62. The second kappa shape index (κ2) is 8.09. The number of hydrogen-bond donors (Lipinski definition) is 1. The molecule has 0 radical (unpaired) electrons. The second-order valence-electron chi connectivity index (χ2n) is 6.88. The van der Waals surface area contributed by atoms with E-state index in [1.165, 1.54) is 5.56 Å². The molecule has 1 amide bonds. The van der Waals surface area contributed by atoms with Crippen LogP contribution < -0.4 is 5.32 Å². The van der Waals surface area contributed by atoms with E-state index in [9.17, 15) is 4.79 Å². The van der Waals surface area contributed by atoms with Gasteiger partial charge in [0.2, 0.25) is 5.91 Å². The molecule has 28 heavy (non-hydrogen) atoms. The van der Waals surface area contributed by atoms with Gasteiger partial charge in [0.05, 0.1) is 5.52 Å². The number of nitrogens with zero attached hydrogens (tertiary/aromatic N) is 2. The quantitative estimate of drug-likeness (QED) is 0.539. The summed E-state index contributed by atoms with van der Waals surface area (Å²) in [7, 11) is 0. The molecule has 0 saturated heterocycles. The maximum atomic E-state index is 12.8. The van der Waals surface area contributed by atoms with Gasteiger partial charge in [-0.25, -0.2) is 0 Å². The summed E-state index contributed by atoms with van der Waals surface area (Å²) in [5.41, 5.74) is 4.13. The van der Waals surface area contributed by atoms with Crippen molar-refractivity contribution in [1.29, 1.82) is 0 Å². The number of benzene rings is 3. The maximum absolute atomic E-state index is 12.8. The molecule has 140 valence electrons. The number of aromatic nitrogens is 2. The maximum Gasteiger partial charge on any atom is 0.244 e. The van der Waals surface area contributed by atoms with Gasteiger partial charge in [-0.2, -0.15) is 5.10 Å². The lowest BCUT2D eigenvalue weighted by Gasteiger charge is -2.14. The van der Waals surface area contributed by atoms with E-state index in [1.807, 2.05) is 78.3 Å². The second-order valence-corrected chi connectivity index (χ2v) is 6.88. The molecule has 1 aromatic heterocycles. The Hall–Kier alpha value is -3.40. The van der Waals surface area contributed by atoms with E-state index in [-0.39, 0.29) is 5.91 Å². The number of carbonyl (C=O) groups excluding carboxylic acids is 1. The van der Waals surface area contributed by atoms with Crippen LogP contribution in [0.5, 0.6) is 0 Å². The summed E-state index contributed by atoms with van der Waals surface area (Å²) in [6, 6.07) is 27.9. The lowest BCUT2D eigenvalue weighted by molar-refractivity contribution is -0.123. The minimum absolute atomic E-state index is 0.0243. The van der Waals surface area contributed by atoms with Crippen molar-refractivity contribution in [2.45, 2.75) is 19.4 Å². The molecule has 1 heterocycles. The van der Waals surface area contributed by atoms with Gasteiger partial charge in [0.1, 0.15) is 11.7 Å². The van der Waals surface area contributed by atoms with Crippen molar-refractivity contribution in [3.05, 3.63) is 90.5 Å². The first kappa shape index (κ1) is 18.0. The highest BCUT2D eigenvalue weighted by Gasteiger charge is 2.20. The van der Waals surface area contributed by atoms with Crippen molar-refractivity contribution < 1.29 is 4.79 Å². The third kappa shape index (κ3) is 3.67. The molecule has 4 rings (SSSR count). The van der Waals surface area contributed by atoms with E-state index >= 15 is 0 Å². The standard InChI is InChI=1S/C24H23N3O/c1-18(24(28)25-17-16-19-10-4-2-5-11-19)27-22-15-9-8-14-21(22)23(26-27)20-12-6-3-7-13-20/h2-15,18H,16-17H2,1H3,(H,25,28). The smallest absolute Gasteiger partial charge is 0.244 e. The van der Waals surface area contributed by atoms with Crippen LogP contribution in [0.3, 0.4) is 0 Å². The molecule has 1 unspecified atom stereocenters. The number of nitrogens with one attached hydrogen (secondary N) is 1. The number of rotatable bonds is 6. The van der Waals surface area contributed by atoms with Crippen LogP contribution in [-0.2, 0) is 11.2 Å².